The van der Waals surface area contributed by atoms with Crippen LogP contribution in [0.5, 0.6) is 0 Å². The van der Waals surface area contributed by atoms with E-state index in [9.17, 15) is 0 Å². The molecule has 1 aliphatic carbocycles. The Labute approximate surface area is 294 Å². The van der Waals surface area contributed by atoms with Crippen molar-refractivity contribution in [3.8, 4) is 0 Å². The SMILES string of the molecule is C(C=Cc1cccc2c(N(c3ccccc3)c3ccccc3)cccc12)=Cc1cccc2c(N(C3=CCCC=C3)c3ccccc3)cccc12. The Morgan fingerprint density at radius 2 is 0.820 bits per heavy atom. The van der Waals surface area contributed by atoms with Crippen LogP contribution in [0, 0.1) is 0 Å². The zero-order valence-electron chi connectivity index (χ0n) is 27.9. The Morgan fingerprint density at radius 3 is 1.30 bits per heavy atom. The first kappa shape index (κ1) is 30.9. The number of hydrogen-bond acceptors (Lipinski definition) is 2. The molecule has 0 saturated carbocycles. The number of benzene rings is 7. The third-order valence-corrected chi connectivity index (χ3v) is 9.29. The van der Waals surface area contributed by atoms with E-state index in [0.717, 1.165) is 35.6 Å². The molecule has 0 N–H and O–H groups in total. The quantitative estimate of drug-likeness (QED) is 0.145. The van der Waals surface area contributed by atoms with Crippen molar-refractivity contribution in [2.45, 2.75) is 12.8 Å². The van der Waals surface area contributed by atoms with Crippen molar-refractivity contribution in [2.24, 2.45) is 0 Å². The number of rotatable bonds is 9. The highest BCUT2D eigenvalue weighted by Gasteiger charge is 2.18. The Morgan fingerprint density at radius 1 is 0.380 bits per heavy atom. The van der Waals surface area contributed by atoms with E-state index in [0.29, 0.717) is 0 Å². The van der Waals surface area contributed by atoms with Crippen LogP contribution < -0.4 is 9.80 Å². The topological polar surface area (TPSA) is 6.48 Å². The number of anilines is 5. The van der Waals surface area contributed by atoms with Gasteiger partial charge in [0.15, 0.2) is 0 Å². The van der Waals surface area contributed by atoms with E-state index in [1.807, 2.05) is 0 Å². The molecular weight excluding hydrogens is 605 g/mol. The van der Waals surface area contributed by atoms with Crippen LogP contribution >= 0.6 is 0 Å². The molecule has 0 unspecified atom stereocenters. The standard InChI is InChI=1S/C48H38N2/c1-5-23-39(24-6-1)49(40-25-7-2-8-26-40)47-35-17-31-43-37(21-15-33-45(43)47)19-13-14-20-38-22-16-34-46-44(38)32-18-36-48(46)50(41-27-9-3-10-28-41)42-29-11-4-12-30-42/h1-3,5-11,13-36H,4,12H2. The van der Waals surface area contributed by atoms with Gasteiger partial charge in [-0.3, -0.25) is 0 Å². The lowest BCUT2D eigenvalue weighted by atomic mass is 10.00. The molecule has 0 saturated heterocycles. The monoisotopic (exact) mass is 642 g/mol. The summed E-state index contributed by atoms with van der Waals surface area (Å²) in [5, 5.41) is 4.88. The summed E-state index contributed by atoms with van der Waals surface area (Å²) in [4.78, 5) is 4.72. The fourth-order valence-corrected chi connectivity index (χ4v) is 6.99. The first-order valence-corrected chi connectivity index (χ1v) is 17.4. The summed E-state index contributed by atoms with van der Waals surface area (Å²) >= 11 is 0. The van der Waals surface area contributed by atoms with Gasteiger partial charge in [0.25, 0.3) is 0 Å². The molecular formula is C48H38N2. The first-order chi connectivity index (χ1) is 24.8. The first-order valence-electron chi connectivity index (χ1n) is 17.4. The lowest BCUT2D eigenvalue weighted by molar-refractivity contribution is 0.998. The van der Waals surface area contributed by atoms with Crippen LogP contribution in [-0.4, -0.2) is 0 Å². The van der Waals surface area contributed by atoms with Crippen LogP contribution in [0.25, 0.3) is 33.7 Å². The lowest BCUT2D eigenvalue weighted by Gasteiger charge is -2.29. The second-order valence-corrected chi connectivity index (χ2v) is 12.4. The Hall–Kier alpha value is -6.38. The van der Waals surface area contributed by atoms with Gasteiger partial charge in [0.05, 0.1) is 11.4 Å². The van der Waals surface area contributed by atoms with Gasteiger partial charge in [-0.1, -0.05) is 152 Å². The minimum Gasteiger partial charge on any atom is -0.310 e. The van der Waals surface area contributed by atoms with Crippen LogP contribution in [0.3, 0.4) is 0 Å². The Kier molecular flexibility index (Phi) is 8.90. The van der Waals surface area contributed by atoms with Crippen LogP contribution in [0.4, 0.5) is 28.4 Å². The fraction of sp³-hybridized carbons (Fsp3) is 0.0417. The zero-order chi connectivity index (χ0) is 33.5. The fourth-order valence-electron chi connectivity index (χ4n) is 6.99. The van der Waals surface area contributed by atoms with Crippen molar-refractivity contribution in [1.29, 1.82) is 0 Å². The second-order valence-electron chi connectivity index (χ2n) is 12.4. The van der Waals surface area contributed by atoms with Crippen molar-refractivity contribution in [2.75, 3.05) is 9.80 Å². The third-order valence-electron chi connectivity index (χ3n) is 9.29. The van der Waals surface area contributed by atoms with Crippen molar-refractivity contribution < 1.29 is 0 Å². The maximum absolute atomic E-state index is 2.39. The lowest BCUT2D eigenvalue weighted by Crippen LogP contribution is -2.16. The highest BCUT2D eigenvalue weighted by Crippen LogP contribution is 2.40. The smallest absolute Gasteiger partial charge is 0.0540 e. The van der Waals surface area contributed by atoms with E-state index < -0.39 is 0 Å². The molecule has 50 heavy (non-hydrogen) atoms. The predicted molar refractivity (Wildman–Crippen MR) is 216 cm³/mol. The molecule has 2 nitrogen and oxygen atoms in total. The van der Waals surface area contributed by atoms with E-state index in [1.54, 1.807) is 0 Å². The van der Waals surface area contributed by atoms with E-state index in [-0.39, 0.29) is 0 Å². The summed E-state index contributed by atoms with van der Waals surface area (Å²) in [5.41, 5.74) is 9.35. The molecule has 7 aromatic rings. The number of nitrogens with zero attached hydrogens (tertiary/aromatic N) is 2. The average molecular weight is 643 g/mol. The van der Waals surface area contributed by atoms with Crippen molar-refractivity contribution >= 4 is 62.1 Å². The highest BCUT2D eigenvalue weighted by atomic mass is 15.2. The minimum atomic E-state index is 1.05. The average Bonchev–Trinajstić information content (AvgIpc) is 3.19. The van der Waals surface area contributed by atoms with Gasteiger partial charge in [-0.25, -0.2) is 0 Å². The Balaban J connectivity index is 1.13. The van der Waals surface area contributed by atoms with Gasteiger partial charge in [-0.15, -0.1) is 0 Å². The maximum atomic E-state index is 2.39. The molecule has 0 radical (unpaired) electrons. The van der Waals surface area contributed by atoms with Gasteiger partial charge in [-0.2, -0.15) is 0 Å². The van der Waals surface area contributed by atoms with Gasteiger partial charge >= 0.3 is 0 Å². The zero-order valence-corrected chi connectivity index (χ0v) is 27.9. The van der Waals surface area contributed by atoms with E-state index in [4.69, 9.17) is 0 Å². The summed E-state index contributed by atoms with van der Waals surface area (Å²) in [6.07, 6.45) is 17.8. The molecule has 7 aromatic carbocycles. The normalized spacial score (nSPS) is 12.9. The molecule has 0 heterocycles. The summed E-state index contributed by atoms with van der Waals surface area (Å²) in [7, 11) is 0. The summed E-state index contributed by atoms with van der Waals surface area (Å²) < 4.78 is 0. The van der Waals surface area contributed by atoms with Gasteiger partial charge in [-0.05, 0) is 89.3 Å². The number of allylic oxidation sites excluding steroid dienone is 5. The molecule has 8 rings (SSSR count). The van der Waals surface area contributed by atoms with Crippen LogP contribution in [0.15, 0.2) is 200 Å². The molecule has 0 amide bonds. The number of fused-ring (bicyclic) bond motifs is 2. The van der Waals surface area contributed by atoms with E-state index in [2.05, 4.69) is 216 Å². The molecule has 0 spiro atoms. The van der Waals surface area contributed by atoms with Crippen LogP contribution in [-0.2, 0) is 0 Å². The van der Waals surface area contributed by atoms with Crippen LogP contribution in [0.2, 0.25) is 0 Å². The minimum absolute atomic E-state index is 1.05. The molecule has 0 aromatic heterocycles. The molecule has 2 heteroatoms. The molecule has 0 atom stereocenters. The van der Waals surface area contributed by atoms with E-state index in [1.165, 1.54) is 44.1 Å². The molecule has 0 fully saturated rings. The molecule has 240 valence electrons. The van der Waals surface area contributed by atoms with Gasteiger partial charge in [0, 0.05) is 33.5 Å². The van der Waals surface area contributed by atoms with Crippen molar-refractivity contribution in [1.82, 2.24) is 0 Å². The number of hydrogen-bond donors (Lipinski definition) is 0. The molecule has 0 bridgehead atoms. The number of para-hydroxylation sites is 3. The van der Waals surface area contributed by atoms with Crippen molar-refractivity contribution in [3.05, 3.63) is 211 Å². The highest BCUT2D eigenvalue weighted by molar-refractivity contribution is 6.03. The van der Waals surface area contributed by atoms with E-state index >= 15 is 0 Å². The second kappa shape index (κ2) is 14.4. The largest absolute Gasteiger partial charge is 0.310 e. The van der Waals surface area contributed by atoms with Crippen molar-refractivity contribution in [3.63, 3.8) is 0 Å². The third kappa shape index (κ3) is 6.27. The van der Waals surface area contributed by atoms with Gasteiger partial charge in [0.1, 0.15) is 0 Å². The molecule has 1 aliphatic rings. The van der Waals surface area contributed by atoms with Crippen LogP contribution in [0.1, 0.15) is 24.0 Å². The summed E-state index contributed by atoms with van der Waals surface area (Å²) in [6, 6.07) is 58.3. The Bertz CT molecular complexity index is 2330. The maximum Gasteiger partial charge on any atom is 0.0540 e. The van der Waals surface area contributed by atoms with Gasteiger partial charge in [0.2, 0.25) is 0 Å². The van der Waals surface area contributed by atoms with Gasteiger partial charge < -0.3 is 9.80 Å². The summed E-state index contributed by atoms with van der Waals surface area (Å²) in [5.74, 6) is 0. The summed E-state index contributed by atoms with van der Waals surface area (Å²) in [6.45, 7) is 0. The molecule has 0 aliphatic heterocycles. The predicted octanol–water partition coefficient (Wildman–Crippen LogP) is 13.6.